The quantitative estimate of drug-likeness (QED) is 0.708. The summed E-state index contributed by atoms with van der Waals surface area (Å²) >= 11 is 2.16. The average molecular weight is 364 g/mol. The molecule has 1 aromatic carbocycles. The van der Waals surface area contributed by atoms with E-state index in [1.807, 2.05) is 30.5 Å². The van der Waals surface area contributed by atoms with Crippen LogP contribution in [0.2, 0.25) is 0 Å². The average Bonchev–Trinajstić information content (AvgIpc) is 2.84. The number of amides is 1. The van der Waals surface area contributed by atoms with Crippen LogP contribution in [0.3, 0.4) is 0 Å². The lowest BCUT2D eigenvalue weighted by Gasteiger charge is -2.06. The van der Waals surface area contributed by atoms with E-state index >= 15 is 0 Å². The molecule has 2 N–H and O–H groups in total. The van der Waals surface area contributed by atoms with Crippen molar-refractivity contribution in [2.45, 2.75) is 0 Å². The maximum Gasteiger partial charge on any atom is 0.249 e. The molecule has 0 radical (unpaired) electrons. The molecule has 0 saturated carbocycles. The summed E-state index contributed by atoms with van der Waals surface area (Å²) in [5.74, 6) is 0.108. The van der Waals surface area contributed by atoms with Crippen molar-refractivity contribution in [2.75, 3.05) is 0 Å². The zero-order valence-electron chi connectivity index (χ0n) is 9.75. The summed E-state index contributed by atoms with van der Waals surface area (Å²) in [6.07, 6.45) is 3.56. The molecule has 94 valence electrons. The Morgan fingerprint density at radius 2 is 2.11 bits per heavy atom. The Balaban J connectivity index is 2.30. The Hall–Kier alpha value is -1.96. The van der Waals surface area contributed by atoms with E-state index in [0.717, 1.165) is 14.5 Å². The van der Waals surface area contributed by atoms with E-state index in [4.69, 9.17) is 5.73 Å². The number of halogens is 1. The number of carbonyl (C=O) groups is 1. The summed E-state index contributed by atoms with van der Waals surface area (Å²) in [5, 5.41) is 4.94. The minimum absolute atomic E-state index is 0.450. The second-order valence-electron chi connectivity index (χ2n) is 4.01. The van der Waals surface area contributed by atoms with E-state index in [2.05, 4.69) is 32.7 Å². The first kappa shape index (κ1) is 12.1. The van der Waals surface area contributed by atoms with Crippen molar-refractivity contribution in [2.24, 2.45) is 5.73 Å². The van der Waals surface area contributed by atoms with Gasteiger partial charge in [0.1, 0.15) is 0 Å². The van der Waals surface area contributed by atoms with Gasteiger partial charge in [0.05, 0.1) is 20.8 Å². The molecule has 0 aliphatic rings. The zero-order valence-corrected chi connectivity index (χ0v) is 11.9. The molecule has 2 heterocycles. The number of benzene rings is 1. The van der Waals surface area contributed by atoms with Gasteiger partial charge in [0.25, 0.3) is 0 Å². The maximum atomic E-state index is 11.6. The van der Waals surface area contributed by atoms with E-state index in [1.54, 1.807) is 16.9 Å². The van der Waals surface area contributed by atoms with Gasteiger partial charge < -0.3 is 5.73 Å². The molecule has 3 rings (SSSR count). The third-order valence-corrected chi connectivity index (χ3v) is 3.31. The highest BCUT2D eigenvalue weighted by Gasteiger charge is 2.11. The fourth-order valence-corrected chi connectivity index (χ4v) is 2.30. The molecule has 0 unspecified atom stereocenters. The molecule has 6 heteroatoms. The largest absolute Gasteiger partial charge is 0.366 e. The number of hydrogen-bond acceptors (Lipinski definition) is 3. The highest BCUT2D eigenvalue weighted by molar-refractivity contribution is 14.1. The molecule has 0 fully saturated rings. The van der Waals surface area contributed by atoms with Gasteiger partial charge in [-0.05, 0) is 34.7 Å². The van der Waals surface area contributed by atoms with E-state index in [0.29, 0.717) is 11.4 Å². The van der Waals surface area contributed by atoms with Crippen LogP contribution in [0.25, 0.3) is 16.7 Å². The van der Waals surface area contributed by atoms with Crippen LogP contribution >= 0.6 is 22.6 Å². The number of pyridine rings is 1. The lowest BCUT2D eigenvalue weighted by molar-refractivity contribution is 0.100. The van der Waals surface area contributed by atoms with Gasteiger partial charge in [-0.3, -0.25) is 4.79 Å². The number of rotatable bonds is 2. The van der Waals surface area contributed by atoms with Gasteiger partial charge in [-0.25, -0.2) is 9.67 Å². The molecule has 0 atom stereocenters. The molecule has 0 saturated heterocycles. The van der Waals surface area contributed by atoms with Gasteiger partial charge in [0.2, 0.25) is 5.91 Å². The second-order valence-corrected chi connectivity index (χ2v) is 5.26. The summed E-state index contributed by atoms with van der Waals surface area (Å²) in [5.41, 5.74) is 6.61. The lowest BCUT2D eigenvalue weighted by atomic mass is 10.1. The minimum atomic E-state index is -0.471. The summed E-state index contributed by atoms with van der Waals surface area (Å²) in [7, 11) is 0. The number of hydrogen-bond donors (Lipinski definition) is 1. The van der Waals surface area contributed by atoms with Crippen molar-refractivity contribution < 1.29 is 4.79 Å². The van der Waals surface area contributed by atoms with Gasteiger partial charge in [-0.1, -0.05) is 18.2 Å². The van der Waals surface area contributed by atoms with Crippen molar-refractivity contribution in [1.29, 1.82) is 0 Å². The Bertz CT molecular complexity index is 781. The third kappa shape index (κ3) is 2.19. The number of primary amides is 1. The van der Waals surface area contributed by atoms with Crippen LogP contribution in [0.1, 0.15) is 10.4 Å². The first-order chi connectivity index (χ1) is 9.15. The van der Waals surface area contributed by atoms with Crippen LogP contribution in [0, 0.1) is 3.57 Å². The van der Waals surface area contributed by atoms with Crippen molar-refractivity contribution in [3.05, 3.63) is 51.9 Å². The first-order valence-corrected chi connectivity index (χ1v) is 6.63. The van der Waals surface area contributed by atoms with Crippen LogP contribution in [-0.2, 0) is 0 Å². The normalized spacial score (nSPS) is 10.8. The third-order valence-electron chi connectivity index (χ3n) is 2.75. The van der Waals surface area contributed by atoms with Gasteiger partial charge in [0.15, 0.2) is 5.82 Å². The zero-order chi connectivity index (χ0) is 13.4. The van der Waals surface area contributed by atoms with E-state index < -0.39 is 5.91 Å². The minimum Gasteiger partial charge on any atom is -0.366 e. The second kappa shape index (κ2) is 4.61. The van der Waals surface area contributed by atoms with Gasteiger partial charge in [0, 0.05) is 11.6 Å². The molecular weight excluding hydrogens is 355 g/mol. The Kier molecular flexibility index (Phi) is 2.94. The number of para-hydroxylation sites is 1. The van der Waals surface area contributed by atoms with E-state index in [-0.39, 0.29) is 0 Å². The smallest absolute Gasteiger partial charge is 0.249 e. The summed E-state index contributed by atoms with van der Waals surface area (Å²) in [6, 6.07) is 9.07. The van der Waals surface area contributed by atoms with E-state index in [9.17, 15) is 4.79 Å². The Labute approximate surface area is 122 Å². The van der Waals surface area contributed by atoms with Crippen LogP contribution < -0.4 is 5.73 Å². The lowest BCUT2D eigenvalue weighted by Crippen LogP contribution is -2.13. The molecule has 2 aromatic heterocycles. The van der Waals surface area contributed by atoms with Gasteiger partial charge >= 0.3 is 0 Å². The molecular formula is C13H9IN4O. The molecule has 0 aliphatic heterocycles. The fraction of sp³-hybridized carbons (Fsp3) is 0. The van der Waals surface area contributed by atoms with Crippen LogP contribution in [0.5, 0.6) is 0 Å². The molecule has 5 nitrogen and oxygen atoms in total. The van der Waals surface area contributed by atoms with E-state index in [1.165, 1.54) is 0 Å². The number of aromatic nitrogens is 3. The summed E-state index contributed by atoms with van der Waals surface area (Å²) in [4.78, 5) is 16.1. The predicted molar refractivity (Wildman–Crippen MR) is 80.1 cm³/mol. The standard InChI is InChI=1S/C13H9IN4O/c14-8-6-16-18(7-8)12-5-10(13(15)19)9-3-1-2-4-11(9)17-12/h1-7H,(H2,15,19). The SMILES string of the molecule is NC(=O)c1cc(-n2cc(I)cn2)nc2ccccc12. The van der Waals surface area contributed by atoms with Crippen molar-refractivity contribution in [3.63, 3.8) is 0 Å². The number of nitrogens with two attached hydrogens (primary N) is 1. The summed E-state index contributed by atoms with van der Waals surface area (Å²) < 4.78 is 2.62. The van der Waals surface area contributed by atoms with Gasteiger partial charge in [-0.2, -0.15) is 5.10 Å². The maximum absolute atomic E-state index is 11.6. The van der Waals surface area contributed by atoms with Crippen LogP contribution in [0.15, 0.2) is 42.7 Å². The monoisotopic (exact) mass is 364 g/mol. The van der Waals surface area contributed by atoms with Crippen molar-refractivity contribution >= 4 is 39.4 Å². The van der Waals surface area contributed by atoms with Crippen molar-refractivity contribution in [3.8, 4) is 5.82 Å². The number of carbonyl (C=O) groups excluding carboxylic acids is 1. The van der Waals surface area contributed by atoms with Crippen molar-refractivity contribution in [1.82, 2.24) is 14.8 Å². The molecule has 1 amide bonds. The molecule has 19 heavy (non-hydrogen) atoms. The number of fused-ring (bicyclic) bond motifs is 1. The van der Waals surface area contributed by atoms with Gasteiger partial charge in [-0.15, -0.1) is 0 Å². The Morgan fingerprint density at radius 3 is 2.79 bits per heavy atom. The topological polar surface area (TPSA) is 73.8 Å². The molecule has 0 bridgehead atoms. The first-order valence-electron chi connectivity index (χ1n) is 5.55. The highest BCUT2D eigenvalue weighted by atomic mass is 127. The molecule has 0 spiro atoms. The van der Waals surface area contributed by atoms with Crippen LogP contribution in [-0.4, -0.2) is 20.7 Å². The highest BCUT2D eigenvalue weighted by Crippen LogP contribution is 2.20. The fourth-order valence-electron chi connectivity index (χ4n) is 1.91. The Morgan fingerprint density at radius 1 is 1.32 bits per heavy atom. The molecule has 0 aliphatic carbocycles. The molecule has 3 aromatic rings. The summed E-state index contributed by atoms with van der Waals surface area (Å²) in [6.45, 7) is 0. The number of nitrogens with zero attached hydrogens (tertiary/aromatic N) is 3. The predicted octanol–water partition coefficient (Wildman–Crippen LogP) is 2.12. The van der Waals surface area contributed by atoms with Crippen LogP contribution in [0.4, 0.5) is 0 Å².